The average molecular weight is 248 g/mol. The lowest BCUT2D eigenvalue weighted by Crippen LogP contribution is -2.20. The van der Waals surface area contributed by atoms with Gasteiger partial charge in [-0.25, -0.2) is 4.79 Å². The van der Waals surface area contributed by atoms with Crippen molar-refractivity contribution in [2.24, 2.45) is 0 Å². The van der Waals surface area contributed by atoms with Gasteiger partial charge in [-0.05, 0) is 5.56 Å². The van der Waals surface area contributed by atoms with E-state index >= 15 is 0 Å². The first kappa shape index (κ1) is 12.3. The summed E-state index contributed by atoms with van der Waals surface area (Å²) in [6, 6.07) is 5.85. The van der Waals surface area contributed by atoms with E-state index in [9.17, 15) is 14.9 Å². The summed E-state index contributed by atoms with van der Waals surface area (Å²) in [5, 5.41) is 13.7. The first-order valence-corrected chi connectivity index (χ1v) is 5.39. The molecule has 18 heavy (non-hydrogen) atoms. The van der Waals surface area contributed by atoms with Gasteiger partial charge >= 0.3 is 5.97 Å². The number of carbonyl (C=O) groups excluding carboxylic acids is 1. The standard InChI is InChI=1S/C12H12N2O4/c1-18-12(15)10-6-7-13-11(10)8-2-4-9(5-3-8)14(16)17/h2-6,11,13H,7H2,1H3. The number of hydrogen-bond donors (Lipinski definition) is 1. The number of rotatable bonds is 3. The molecule has 1 aromatic rings. The van der Waals surface area contributed by atoms with E-state index in [0.29, 0.717) is 12.1 Å². The third kappa shape index (κ3) is 2.23. The number of non-ortho nitro benzene ring substituents is 1. The highest BCUT2D eigenvalue weighted by molar-refractivity contribution is 5.90. The fraction of sp³-hybridized carbons (Fsp3) is 0.250. The van der Waals surface area contributed by atoms with Crippen LogP contribution in [0.15, 0.2) is 35.9 Å². The molecule has 0 fully saturated rings. The maximum Gasteiger partial charge on any atom is 0.335 e. The number of carbonyl (C=O) groups is 1. The molecule has 0 amide bonds. The Hall–Kier alpha value is -2.21. The zero-order valence-corrected chi connectivity index (χ0v) is 9.75. The van der Waals surface area contributed by atoms with Gasteiger partial charge in [-0.3, -0.25) is 10.1 Å². The highest BCUT2D eigenvalue weighted by Crippen LogP contribution is 2.27. The summed E-state index contributed by atoms with van der Waals surface area (Å²) in [5.41, 5.74) is 1.36. The van der Waals surface area contributed by atoms with Gasteiger partial charge in [0.2, 0.25) is 0 Å². The third-order valence-electron chi connectivity index (χ3n) is 2.81. The lowest BCUT2D eigenvalue weighted by atomic mass is 10.0. The first-order valence-electron chi connectivity index (χ1n) is 5.39. The van der Waals surface area contributed by atoms with Gasteiger partial charge in [-0.2, -0.15) is 0 Å². The number of nitro benzene ring substituents is 1. The average Bonchev–Trinajstić information content (AvgIpc) is 2.87. The van der Waals surface area contributed by atoms with Crippen molar-refractivity contribution >= 4 is 11.7 Å². The third-order valence-corrected chi connectivity index (χ3v) is 2.81. The normalized spacial score (nSPS) is 18.3. The van der Waals surface area contributed by atoms with Gasteiger partial charge in [0.1, 0.15) is 0 Å². The van der Waals surface area contributed by atoms with Crippen molar-refractivity contribution in [3.05, 3.63) is 51.6 Å². The molecule has 1 aliphatic rings. The van der Waals surface area contributed by atoms with Crippen LogP contribution in [0.2, 0.25) is 0 Å². The summed E-state index contributed by atoms with van der Waals surface area (Å²) >= 11 is 0. The van der Waals surface area contributed by atoms with E-state index in [1.165, 1.54) is 19.2 Å². The van der Waals surface area contributed by atoms with Crippen LogP contribution in [0.3, 0.4) is 0 Å². The zero-order valence-electron chi connectivity index (χ0n) is 9.75. The van der Waals surface area contributed by atoms with Crippen LogP contribution in [0.5, 0.6) is 0 Å². The second kappa shape index (κ2) is 4.97. The number of hydrogen-bond acceptors (Lipinski definition) is 5. The van der Waals surface area contributed by atoms with Crippen LogP contribution in [0, 0.1) is 10.1 Å². The minimum absolute atomic E-state index is 0.0281. The smallest absolute Gasteiger partial charge is 0.335 e. The second-order valence-electron chi connectivity index (χ2n) is 3.84. The second-order valence-corrected chi connectivity index (χ2v) is 3.84. The Labute approximate surface area is 103 Å². The van der Waals surface area contributed by atoms with Crippen LogP contribution in [0.1, 0.15) is 11.6 Å². The van der Waals surface area contributed by atoms with Gasteiger partial charge in [-0.1, -0.05) is 18.2 Å². The molecule has 1 aliphatic heterocycles. The zero-order chi connectivity index (χ0) is 13.1. The Morgan fingerprint density at radius 3 is 2.67 bits per heavy atom. The number of esters is 1. The predicted molar refractivity (Wildman–Crippen MR) is 63.9 cm³/mol. The summed E-state index contributed by atoms with van der Waals surface area (Å²) in [4.78, 5) is 21.6. The van der Waals surface area contributed by atoms with Gasteiger partial charge in [-0.15, -0.1) is 0 Å². The lowest BCUT2D eigenvalue weighted by Gasteiger charge is -2.14. The van der Waals surface area contributed by atoms with Gasteiger partial charge in [0, 0.05) is 18.7 Å². The summed E-state index contributed by atoms with van der Waals surface area (Å²) in [5.74, 6) is -0.386. The molecule has 1 unspecified atom stereocenters. The Bertz CT molecular complexity index is 507. The number of benzene rings is 1. The van der Waals surface area contributed by atoms with Crippen molar-refractivity contribution in [1.82, 2.24) is 5.32 Å². The predicted octanol–water partition coefficient (Wildman–Crippen LogP) is 1.34. The molecule has 6 nitrogen and oxygen atoms in total. The molecule has 1 N–H and O–H groups in total. The molecule has 0 aromatic heterocycles. The summed E-state index contributed by atoms with van der Waals surface area (Å²) in [6.45, 7) is 0.575. The van der Waals surface area contributed by atoms with E-state index in [4.69, 9.17) is 4.74 Å². The SMILES string of the molecule is COC(=O)C1=CCNC1c1ccc([N+](=O)[O-])cc1. The number of nitrogens with zero attached hydrogens (tertiary/aromatic N) is 1. The molecule has 0 bridgehead atoms. The quantitative estimate of drug-likeness (QED) is 0.496. The van der Waals surface area contributed by atoms with Crippen LogP contribution in [-0.2, 0) is 9.53 Å². The van der Waals surface area contributed by atoms with Crippen molar-refractivity contribution in [2.75, 3.05) is 13.7 Å². The van der Waals surface area contributed by atoms with E-state index in [1.54, 1.807) is 18.2 Å². The van der Waals surface area contributed by atoms with Crippen molar-refractivity contribution in [1.29, 1.82) is 0 Å². The maximum absolute atomic E-state index is 11.5. The maximum atomic E-state index is 11.5. The summed E-state index contributed by atoms with van der Waals surface area (Å²) in [7, 11) is 1.33. The molecule has 1 aromatic carbocycles. The fourth-order valence-electron chi connectivity index (χ4n) is 1.92. The Kier molecular flexibility index (Phi) is 3.38. The van der Waals surface area contributed by atoms with Gasteiger partial charge < -0.3 is 10.1 Å². The first-order chi connectivity index (χ1) is 8.63. The molecule has 6 heteroatoms. The topological polar surface area (TPSA) is 81.5 Å². The molecule has 2 rings (SSSR count). The number of ether oxygens (including phenoxy) is 1. The molecule has 0 spiro atoms. The van der Waals surface area contributed by atoms with E-state index in [2.05, 4.69) is 5.32 Å². The molecule has 0 saturated carbocycles. The molecule has 0 saturated heterocycles. The van der Waals surface area contributed by atoms with Crippen molar-refractivity contribution in [3.63, 3.8) is 0 Å². The molecule has 0 aliphatic carbocycles. The highest BCUT2D eigenvalue weighted by Gasteiger charge is 2.26. The van der Waals surface area contributed by atoms with Crippen LogP contribution < -0.4 is 5.32 Å². The molecule has 94 valence electrons. The van der Waals surface area contributed by atoms with Crippen LogP contribution in [-0.4, -0.2) is 24.5 Å². The fourth-order valence-corrected chi connectivity index (χ4v) is 1.92. The molecule has 1 atom stereocenters. The number of nitro groups is 1. The summed E-state index contributed by atoms with van der Waals surface area (Å²) in [6.07, 6.45) is 1.76. The summed E-state index contributed by atoms with van der Waals surface area (Å²) < 4.78 is 4.69. The minimum Gasteiger partial charge on any atom is -0.466 e. The Morgan fingerprint density at radius 1 is 1.44 bits per heavy atom. The van der Waals surface area contributed by atoms with Crippen LogP contribution in [0.4, 0.5) is 5.69 Å². The molecular weight excluding hydrogens is 236 g/mol. The van der Waals surface area contributed by atoms with Gasteiger partial charge in [0.05, 0.1) is 23.6 Å². The van der Waals surface area contributed by atoms with Crippen molar-refractivity contribution < 1.29 is 14.5 Å². The van der Waals surface area contributed by atoms with Crippen LogP contribution in [0.25, 0.3) is 0 Å². The minimum atomic E-state index is -0.455. The van der Waals surface area contributed by atoms with E-state index < -0.39 is 4.92 Å². The molecular formula is C12H12N2O4. The Morgan fingerprint density at radius 2 is 2.11 bits per heavy atom. The molecule has 0 radical (unpaired) electrons. The van der Waals surface area contributed by atoms with E-state index in [1.807, 2.05) is 0 Å². The highest BCUT2D eigenvalue weighted by atomic mass is 16.6. The van der Waals surface area contributed by atoms with Crippen molar-refractivity contribution in [3.8, 4) is 0 Å². The monoisotopic (exact) mass is 248 g/mol. The van der Waals surface area contributed by atoms with Gasteiger partial charge in [0.15, 0.2) is 0 Å². The number of methoxy groups -OCH3 is 1. The Balaban J connectivity index is 2.24. The van der Waals surface area contributed by atoms with Crippen molar-refractivity contribution in [2.45, 2.75) is 6.04 Å². The van der Waals surface area contributed by atoms with Crippen LogP contribution >= 0.6 is 0 Å². The van der Waals surface area contributed by atoms with E-state index in [0.717, 1.165) is 5.56 Å². The largest absolute Gasteiger partial charge is 0.466 e. The van der Waals surface area contributed by atoms with E-state index in [-0.39, 0.29) is 17.7 Å². The molecule has 1 heterocycles. The number of nitrogens with one attached hydrogen (secondary N) is 1. The lowest BCUT2D eigenvalue weighted by molar-refractivity contribution is -0.384. The van der Waals surface area contributed by atoms with Gasteiger partial charge in [0.25, 0.3) is 5.69 Å².